The van der Waals surface area contributed by atoms with Crippen LogP contribution in [0.15, 0.2) is 73.1 Å². The Bertz CT molecular complexity index is 1160. The van der Waals surface area contributed by atoms with Crippen molar-refractivity contribution in [2.24, 2.45) is 0 Å². The van der Waals surface area contributed by atoms with Crippen LogP contribution in [0.2, 0.25) is 0 Å². The van der Waals surface area contributed by atoms with Gasteiger partial charge in [-0.25, -0.2) is 9.88 Å². The zero-order chi connectivity index (χ0) is 19.1. The van der Waals surface area contributed by atoms with E-state index in [9.17, 15) is 9.59 Å². The summed E-state index contributed by atoms with van der Waals surface area (Å²) in [7, 11) is 0. The van der Waals surface area contributed by atoms with Crippen molar-refractivity contribution in [1.82, 2.24) is 20.2 Å². The van der Waals surface area contributed by atoms with Crippen LogP contribution in [0.3, 0.4) is 0 Å². The second-order valence-corrected chi connectivity index (χ2v) is 6.29. The number of carbonyl (C=O) groups excluding carboxylic acids is 2. The van der Waals surface area contributed by atoms with Crippen LogP contribution in [-0.4, -0.2) is 32.0 Å². The minimum Gasteiger partial charge on any atom is -0.268 e. The van der Waals surface area contributed by atoms with Crippen LogP contribution in [0.4, 0.5) is 5.69 Å². The van der Waals surface area contributed by atoms with E-state index in [0.717, 1.165) is 11.1 Å². The normalized spacial score (nSPS) is 13.1. The molecule has 4 aromatic rings. The molecule has 1 N–H and O–H groups in total. The molecule has 2 aromatic carbocycles. The summed E-state index contributed by atoms with van der Waals surface area (Å²) < 4.78 is 0. The zero-order valence-electron chi connectivity index (χ0n) is 14.5. The van der Waals surface area contributed by atoms with E-state index in [1.165, 1.54) is 4.90 Å². The van der Waals surface area contributed by atoms with Crippen molar-refractivity contribution in [2.45, 2.75) is 0 Å². The summed E-state index contributed by atoms with van der Waals surface area (Å²) in [5, 5.41) is 7.12. The lowest BCUT2D eigenvalue weighted by molar-refractivity contribution is 0.0926. The first-order chi connectivity index (χ1) is 13.7. The number of fused-ring (bicyclic) bond motifs is 1. The zero-order valence-corrected chi connectivity index (χ0v) is 14.5. The third kappa shape index (κ3) is 2.49. The summed E-state index contributed by atoms with van der Waals surface area (Å²) in [4.78, 5) is 34.9. The number of nitrogens with zero attached hydrogens (tertiary/aromatic N) is 4. The SMILES string of the molecule is O=C1c2ccccc2C(=O)N1c1ccc(-c2nc(-c3cccnc3)n[nH]2)cc1. The summed E-state index contributed by atoms with van der Waals surface area (Å²) in [6, 6.07) is 17.6. The Morgan fingerprint density at radius 2 is 1.50 bits per heavy atom. The first-order valence-electron chi connectivity index (χ1n) is 8.63. The molecule has 0 bridgehead atoms. The van der Waals surface area contributed by atoms with Gasteiger partial charge in [0.05, 0.1) is 16.8 Å². The number of aromatic amines is 1. The quantitative estimate of drug-likeness (QED) is 0.561. The number of aromatic nitrogens is 4. The Morgan fingerprint density at radius 1 is 0.786 bits per heavy atom. The number of hydrogen-bond acceptors (Lipinski definition) is 5. The molecule has 1 aliphatic rings. The summed E-state index contributed by atoms with van der Waals surface area (Å²) in [5.74, 6) is 0.513. The molecule has 0 saturated heterocycles. The van der Waals surface area contributed by atoms with E-state index in [1.807, 2.05) is 12.1 Å². The number of amides is 2. The standard InChI is InChI=1S/C21H13N5O2/c27-20-16-5-1-2-6-17(16)21(28)26(20)15-9-7-13(8-10-15)18-23-19(25-24-18)14-4-3-11-22-12-14/h1-12H,(H,23,24,25). The topological polar surface area (TPSA) is 91.8 Å². The van der Waals surface area contributed by atoms with Gasteiger partial charge in [-0.05, 0) is 48.5 Å². The summed E-state index contributed by atoms with van der Waals surface area (Å²) in [6.07, 6.45) is 3.38. The van der Waals surface area contributed by atoms with Crippen LogP contribution in [0.1, 0.15) is 20.7 Å². The second kappa shape index (κ2) is 6.24. The van der Waals surface area contributed by atoms with E-state index in [0.29, 0.717) is 28.5 Å². The predicted molar refractivity (Wildman–Crippen MR) is 103 cm³/mol. The molecule has 0 atom stereocenters. The molecular formula is C21H13N5O2. The van der Waals surface area contributed by atoms with Crippen LogP contribution in [-0.2, 0) is 0 Å². The van der Waals surface area contributed by atoms with Gasteiger partial charge in [0.15, 0.2) is 11.6 Å². The van der Waals surface area contributed by atoms with Crippen LogP contribution >= 0.6 is 0 Å². The smallest absolute Gasteiger partial charge is 0.266 e. The van der Waals surface area contributed by atoms with Gasteiger partial charge in [0.25, 0.3) is 11.8 Å². The Kier molecular flexibility index (Phi) is 3.58. The Balaban J connectivity index is 1.44. The number of anilines is 1. The van der Waals surface area contributed by atoms with Crippen LogP contribution in [0.25, 0.3) is 22.8 Å². The molecule has 0 fully saturated rings. The van der Waals surface area contributed by atoms with Crippen molar-refractivity contribution >= 4 is 17.5 Å². The van der Waals surface area contributed by atoms with Crippen LogP contribution < -0.4 is 4.90 Å². The minimum atomic E-state index is -0.313. The molecule has 3 heterocycles. The highest BCUT2D eigenvalue weighted by atomic mass is 16.2. The van der Waals surface area contributed by atoms with Crippen molar-refractivity contribution in [3.05, 3.63) is 84.2 Å². The van der Waals surface area contributed by atoms with Crippen molar-refractivity contribution < 1.29 is 9.59 Å². The summed E-state index contributed by atoms with van der Waals surface area (Å²) in [6.45, 7) is 0. The van der Waals surface area contributed by atoms with Gasteiger partial charge in [0, 0.05) is 23.5 Å². The van der Waals surface area contributed by atoms with Crippen LogP contribution in [0, 0.1) is 0 Å². The highest BCUT2D eigenvalue weighted by molar-refractivity contribution is 6.34. The number of H-pyrrole nitrogens is 1. The maximum Gasteiger partial charge on any atom is 0.266 e. The molecule has 28 heavy (non-hydrogen) atoms. The van der Waals surface area contributed by atoms with Gasteiger partial charge in [0.2, 0.25) is 0 Å². The second-order valence-electron chi connectivity index (χ2n) is 6.29. The first-order valence-corrected chi connectivity index (χ1v) is 8.63. The first kappa shape index (κ1) is 16.1. The van der Waals surface area contributed by atoms with E-state index in [4.69, 9.17) is 0 Å². The van der Waals surface area contributed by atoms with E-state index in [-0.39, 0.29) is 11.8 Å². The number of imide groups is 1. The lowest BCUT2D eigenvalue weighted by Crippen LogP contribution is -2.29. The molecule has 0 spiro atoms. The third-order valence-corrected chi connectivity index (χ3v) is 4.60. The van der Waals surface area contributed by atoms with E-state index < -0.39 is 0 Å². The Morgan fingerprint density at radius 3 is 2.14 bits per heavy atom. The molecule has 2 amide bonds. The lowest BCUT2D eigenvalue weighted by Gasteiger charge is -2.14. The summed E-state index contributed by atoms with van der Waals surface area (Å²) in [5.41, 5.74) is 2.97. The van der Waals surface area contributed by atoms with Crippen molar-refractivity contribution in [3.8, 4) is 22.8 Å². The molecule has 7 nitrogen and oxygen atoms in total. The largest absolute Gasteiger partial charge is 0.268 e. The number of pyridine rings is 1. The maximum atomic E-state index is 12.6. The van der Waals surface area contributed by atoms with Gasteiger partial charge >= 0.3 is 0 Å². The maximum absolute atomic E-state index is 12.6. The van der Waals surface area contributed by atoms with Gasteiger partial charge < -0.3 is 0 Å². The minimum absolute atomic E-state index is 0.313. The van der Waals surface area contributed by atoms with Gasteiger partial charge in [-0.1, -0.05) is 12.1 Å². The fraction of sp³-hybridized carbons (Fsp3) is 0. The molecule has 5 rings (SSSR count). The van der Waals surface area contributed by atoms with Gasteiger partial charge in [-0.3, -0.25) is 19.7 Å². The van der Waals surface area contributed by atoms with Crippen molar-refractivity contribution in [2.75, 3.05) is 4.90 Å². The monoisotopic (exact) mass is 367 g/mol. The predicted octanol–water partition coefficient (Wildman–Crippen LogP) is 3.33. The molecule has 0 unspecified atom stereocenters. The molecule has 0 aliphatic carbocycles. The molecule has 134 valence electrons. The molecule has 0 saturated carbocycles. The fourth-order valence-corrected chi connectivity index (χ4v) is 3.21. The average Bonchev–Trinajstić information content (AvgIpc) is 3.33. The molecule has 2 aromatic heterocycles. The van der Waals surface area contributed by atoms with Gasteiger partial charge in [-0.2, -0.15) is 5.10 Å². The molecule has 0 radical (unpaired) electrons. The van der Waals surface area contributed by atoms with Crippen molar-refractivity contribution in [3.63, 3.8) is 0 Å². The number of rotatable bonds is 3. The number of hydrogen-bond donors (Lipinski definition) is 1. The molecule has 1 aliphatic heterocycles. The van der Waals surface area contributed by atoms with Gasteiger partial charge in [0.1, 0.15) is 0 Å². The van der Waals surface area contributed by atoms with E-state index in [2.05, 4.69) is 20.2 Å². The highest BCUT2D eigenvalue weighted by Crippen LogP contribution is 2.29. The number of carbonyl (C=O) groups is 2. The summed E-state index contributed by atoms with van der Waals surface area (Å²) >= 11 is 0. The lowest BCUT2D eigenvalue weighted by atomic mass is 10.1. The van der Waals surface area contributed by atoms with E-state index in [1.54, 1.807) is 60.9 Å². The highest BCUT2D eigenvalue weighted by Gasteiger charge is 2.36. The Hall–Kier alpha value is -4.13. The number of nitrogens with one attached hydrogen (secondary N) is 1. The van der Waals surface area contributed by atoms with Gasteiger partial charge in [-0.15, -0.1) is 0 Å². The van der Waals surface area contributed by atoms with E-state index >= 15 is 0 Å². The molecular weight excluding hydrogens is 354 g/mol. The third-order valence-electron chi connectivity index (χ3n) is 4.60. The fourth-order valence-electron chi connectivity index (χ4n) is 3.21. The molecule has 7 heteroatoms. The average molecular weight is 367 g/mol. The Labute approximate surface area is 159 Å². The number of benzene rings is 2. The van der Waals surface area contributed by atoms with Crippen molar-refractivity contribution in [1.29, 1.82) is 0 Å². The van der Waals surface area contributed by atoms with Crippen LogP contribution in [0.5, 0.6) is 0 Å².